The molecule has 0 aliphatic rings. The third-order valence-electron chi connectivity index (χ3n) is 3.95. The van der Waals surface area contributed by atoms with Crippen LogP contribution < -0.4 is 5.73 Å². The van der Waals surface area contributed by atoms with Gasteiger partial charge in [-0.15, -0.1) is 0 Å². The fourth-order valence-electron chi connectivity index (χ4n) is 2.73. The molecule has 0 aliphatic carbocycles. The van der Waals surface area contributed by atoms with E-state index in [4.69, 9.17) is 5.73 Å². The number of aromatic amines is 1. The summed E-state index contributed by atoms with van der Waals surface area (Å²) < 4.78 is 27.4. The molecule has 26 heavy (non-hydrogen) atoms. The van der Waals surface area contributed by atoms with Crippen LogP contribution in [-0.2, 0) is 0 Å². The Hall–Kier alpha value is -3.62. The molecule has 4 rings (SSSR count). The quantitative estimate of drug-likeness (QED) is 0.588. The van der Waals surface area contributed by atoms with Gasteiger partial charge in [0.15, 0.2) is 0 Å². The van der Waals surface area contributed by atoms with E-state index in [-0.39, 0.29) is 11.4 Å². The Morgan fingerprint density at radius 1 is 1.23 bits per heavy atom. The second-order valence-corrected chi connectivity index (χ2v) is 5.55. The van der Waals surface area contributed by atoms with Crippen molar-refractivity contribution in [3.8, 4) is 22.5 Å². The summed E-state index contributed by atoms with van der Waals surface area (Å²) in [4.78, 5) is 19.6. The van der Waals surface area contributed by atoms with Crippen molar-refractivity contribution in [2.24, 2.45) is 5.73 Å². The van der Waals surface area contributed by atoms with E-state index in [1.165, 1.54) is 18.3 Å². The minimum Gasteiger partial charge on any atom is -0.364 e. The number of nitrogens with zero attached hydrogens (tertiary/aromatic N) is 4. The first-order valence-corrected chi connectivity index (χ1v) is 7.61. The number of fused-ring (bicyclic) bond motifs is 1. The van der Waals surface area contributed by atoms with Gasteiger partial charge in [0.2, 0.25) is 0 Å². The highest BCUT2D eigenvalue weighted by atomic mass is 19.3. The van der Waals surface area contributed by atoms with Crippen LogP contribution in [0.3, 0.4) is 0 Å². The number of imidazole rings is 1. The number of aromatic nitrogens is 5. The molecular weight excluding hydrogens is 342 g/mol. The normalized spacial score (nSPS) is 11.3. The number of pyridine rings is 2. The third-order valence-corrected chi connectivity index (χ3v) is 3.95. The summed E-state index contributed by atoms with van der Waals surface area (Å²) in [6, 6.07) is 7.89. The summed E-state index contributed by atoms with van der Waals surface area (Å²) in [5.41, 5.74) is 7.93. The fourth-order valence-corrected chi connectivity index (χ4v) is 2.73. The second-order valence-electron chi connectivity index (χ2n) is 5.55. The third kappa shape index (κ3) is 2.59. The summed E-state index contributed by atoms with van der Waals surface area (Å²) in [7, 11) is 0. The molecule has 130 valence electrons. The maximum Gasteiger partial charge on any atom is 0.280 e. The Balaban J connectivity index is 1.84. The average Bonchev–Trinajstić information content (AvgIpc) is 3.28. The summed E-state index contributed by atoms with van der Waals surface area (Å²) >= 11 is 0. The van der Waals surface area contributed by atoms with Gasteiger partial charge in [-0.1, -0.05) is 6.07 Å². The Morgan fingerprint density at radius 2 is 2.08 bits per heavy atom. The van der Waals surface area contributed by atoms with E-state index in [1.54, 1.807) is 35.0 Å². The zero-order valence-corrected chi connectivity index (χ0v) is 13.2. The van der Waals surface area contributed by atoms with E-state index in [1.807, 2.05) is 0 Å². The lowest BCUT2D eigenvalue weighted by atomic mass is 10.1. The Bertz CT molecular complexity index is 1120. The Labute approximate surface area is 145 Å². The number of hydrogen-bond acceptors (Lipinski definition) is 4. The van der Waals surface area contributed by atoms with Gasteiger partial charge >= 0.3 is 0 Å². The van der Waals surface area contributed by atoms with Gasteiger partial charge < -0.3 is 5.73 Å². The van der Waals surface area contributed by atoms with Gasteiger partial charge in [0.05, 0.1) is 11.9 Å². The number of nitrogens with two attached hydrogens (primary N) is 1. The van der Waals surface area contributed by atoms with Crippen molar-refractivity contribution in [1.29, 1.82) is 0 Å². The molecule has 4 aromatic rings. The van der Waals surface area contributed by atoms with Gasteiger partial charge in [-0.25, -0.2) is 18.7 Å². The van der Waals surface area contributed by atoms with Crippen LogP contribution in [0.25, 0.3) is 28.2 Å². The fraction of sp³-hybridized carbons (Fsp3) is 0.0588. The molecular formula is C17H12F2N6O. The molecule has 0 radical (unpaired) electrons. The van der Waals surface area contributed by atoms with Crippen molar-refractivity contribution in [2.45, 2.75) is 6.43 Å². The van der Waals surface area contributed by atoms with E-state index in [0.29, 0.717) is 28.2 Å². The molecule has 4 heterocycles. The predicted molar refractivity (Wildman–Crippen MR) is 89.5 cm³/mol. The number of halogens is 2. The molecule has 3 N–H and O–H groups in total. The number of H-pyrrole nitrogens is 1. The molecule has 0 aliphatic heterocycles. The molecule has 0 unspecified atom stereocenters. The number of primary amides is 1. The summed E-state index contributed by atoms with van der Waals surface area (Å²) in [5.74, 6) is -0.603. The summed E-state index contributed by atoms with van der Waals surface area (Å²) in [6.07, 6.45) is 2.05. The first-order chi connectivity index (χ1) is 12.5. The highest BCUT2D eigenvalue weighted by Gasteiger charge is 2.16. The van der Waals surface area contributed by atoms with Crippen LogP contribution in [0.5, 0.6) is 0 Å². The largest absolute Gasteiger partial charge is 0.364 e. The van der Waals surface area contributed by atoms with Crippen molar-refractivity contribution < 1.29 is 13.6 Å². The molecule has 0 bridgehead atoms. The van der Waals surface area contributed by atoms with E-state index in [2.05, 4.69) is 20.2 Å². The molecule has 0 aromatic carbocycles. The van der Waals surface area contributed by atoms with Crippen LogP contribution in [0.1, 0.15) is 22.6 Å². The standard InChI is InChI=1S/C17H12F2N6O/c18-16(19)12-3-1-2-11(23-12)15-10(6-22-24-15)9-4-5-14-21-7-13(17(20)26)25(14)8-9/h1-8,16H,(H2,20,26)(H,22,24). The number of amides is 1. The van der Waals surface area contributed by atoms with Gasteiger partial charge in [0.25, 0.3) is 12.3 Å². The van der Waals surface area contributed by atoms with Crippen molar-refractivity contribution in [3.63, 3.8) is 0 Å². The average molecular weight is 354 g/mol. The van der Waals surface area contributed by atoms with E-state index < -0.39 is 12.3 Å². The monoisotopic (exact) mass is 354 g/mol. The van der Waals surface area contributed by atoms with Crippen LogP contribution in [0.4, 0.5) is 8.78 Å². The van der Waals surface area contributed by atoms with Crippen molar-refractivity contribution in [2.75, 3.05) is 0 Å². The Morgan fingerprint density at radius 3 is 2.85 bits per heavy atom. The van der Waals surface area contributed by atoms with Gasteiger partial charge in [0, 0.05) is 23.5 Å². The van der Waals surface area contributed by atoms with Crippen molar-refractivity contribution in [1.82, 2.24) is 24.6 Å². The first kappa shape index (κ1) is 15.9. The predicted octanol–water partition coefficient (Wildman–Crippen LogP) is 2.82. The number of hydrogen-bond donors (Lipinski definition) is 2. The molecule has 0 saturated heterocycles. The summed E-state index contributed by atoms with van der Waals surface area (Å²) in [6.45, 7) is 0. The van der Waals surface area contributed by atoms with E-state index >= 15 is 0 Å². The van der Waals surface area contributed by atoms with Crippen LogP contribution >= 0.6 is 0 Å². The number of nitrogens with one attached hydrogen (secondary N) is 1. The van der Waals surface area contributed by atoms with Crippen LogP contribution in [0.2, 0.25) is 0 Å². The molecule has 9 heteroatoms. The van der Waals surface area contributed by atoms with Gasteiger partial charge in [-0.2, -0.15) is 5.10 Å². The summed E-state index contributed by atoms with van der Waals surface area (Å²) in [5, 5.41) is 6.87. The highest BCUT2D eigenvalue weighted by Crippen LogP contribution is 2.30. The molecule has 0 atom stereocenters. The van der Waals surface area contributed by atoms with E-state index in [9.17, 15) is 13.6 Å². The smallest absolute Gasteiger partial charge is 0.280 e. The number of rotatable bonds is 4. The van der Waals surface area contributed by atoms with Crippen LogP contribution in [0.15, 0.2) is 48.9 Å². The molecule has 4 aromatic heterocycles. The first-order valence-electron chi connectivity index (χ1n) is 7.61. The number of alkyl halides is 2. The number of carbonyl (C=O) groups is 1. The lowest BCUT2D eigenvalue weighted by Gasteiger charge is -2.06. The van der Waals surface area contributed by atoms with Gasteiger partial charge in [-0.05, 0) is 24.3 Å². The zero-order chi connectivity index (χ0) is 18.3. The SMILES string of the molecule is NC(=O)c1cnc2ccc(-c3c[nH]nc3-c3cccc(C(F)F)n3)cn12. The van der Waals surface area contributed by atoms with Gasteiger partial charge in [0.1, 0.15) is 22.7 Å². The Kier molecular flexibility index (Phi) is 3.68. The topological polar surface area (TPSA) is 102 Å². The maximum absolute atomic E-state index is 12.9. The van der Waals surface area contributed by atoms with E-state index in [0.717, 1.165) is 0 Å². The van der Waals surface area contributed by atoms with Crippen LogP contribution in [-0.4, -0.2) is 30.5 Å². The second kappa shape index (κ2) is 6.03. The maximum atomic E-state index is 12.9. The molecule has 0 spiro atoms. The van der Waals surface area contributed by atoms with Crippen molar-refractivity contribution >= 4 is 11.6 Å². The minimum absolute atomic E-state index is 0.240. The van der Waals surface area contributed by atoms with Crippen LogP contribution in [0, 0.1) is 0 Å². The van der Waals surface area contributed by atoms with Gasteiger partial charge in [-0.3, -0.25) is 14.3 Å². The zero-order valence-electron chi connectivity index (χ0n) is 13.2. The minimum atomic E-state index is -2.67. The molecule has 1 amide bonds. The molecule has 7 nitrogen and oxygen atoms in total. The van der Waals surface area contributed by atoms with Crippen molar-refractivity contribution in [3.05, 3.63) is 60.3 Å². The number of carbonyl (C=O) groups excluding carboxylic acids is 1. The highest BCUT2D eigenvalue weighted by molar-refractivity contribution is 5.92. The molecule has 0 fully saturated rings. The molecule has 0 saturated carbocycles. The lowest BCUT2D eigenvalue weighted by molar-refractivity contribution is 0.0994. The lowest BCUT2D eigenvalue weighted by Crippen LogP contribution is -2.13.